The molecule has 0 atom stereocenters. The number of rotatable bonds is 6. The number of hydrogen-bond donors (Lipinski definition) is 2. The molecule has 2 heterocycles. The zero-order valence-electron chi connectivity index (χ0n) is 17.9. The molecule has 12 heteroatoms. The van der Waals surface area contributed by atoms with E-state index in [1.807, 2.05) is 19.9 Å². The second kappa shape index (κ2) is 8.85. The van der Waals surface area contributed by atoms with Crippen LogP contribution in [-0.4, -0.2) is 46.6 Å². The lowest BCUT2D eigenvalue weighted by molar-refractivity contribution is -0.119. The molecule has 3 rings (SSSR count). The maximum absolute atomic E-state index is 12.4. The predicted molar refractivity (Wildman–Crippen MR) is 115 cm³/mol. The third-order valence-electron chi connectivity index (χ3n) is 4.35. The van der Waals surface area contributed by atoms with Gasteiger partial charge in [0.25, 0.3) is 11.9 Å². The Labute approximate surface area is 184 Å². The highest BCUT2D eigenvalue weighted by Gasteiger charge is 2.18. The van der Waals surface area contributed by atoms with Gasteiger partial charge in [-0.15, -0.1) is 0 Å². The van der Waals surface area contributed by atoms with E-state index in [1.54, 1.807) is 19.9 Å². The monoisotopic (exact) mass is 458 g/mol. The van der Waals surface area contributed by atoms with E-state index in [0.717, 1.165) is 17.5 Å². The summed E-state index contributed by atoms with van der Waals surface area (Å²) in [6.07, 6.45) is 0. The van der Waals surface area contributed by atoms with Crippen molar-refractivity contribution in [2.75, 3.05) is 11.9 Å². The lowest BCUT2D eigenvalue weighted by Crippen LogP contribution is -2.23. The molecule has 3 aromatic rings. The lowest BCUT2D eigenvalue weighted by atomic mass is 10.1. The van der Waals surface area contributed by atoms with Crippen molar-refractivity contribution in [1.29, 1.82) is 0 Å². The van der Waals surface area contributed by atoms with Crippen LogP contribution in [0.15, 0.2) is 35.2 Å². The van der Waals surface area contributed by atoms with E-state index >= 15 is 0 Å². The minimum atomic E-state index is -3.99. The number of nitrogens with two attached hydrogens (primary N) is 1. The van der Waals surface area contributed by atoms with E-state index in [4.69, 9.17) is 9.88 Å². The van der Waals surface area contributed by atoms with E-state index in [1.165, 1.54) is 16.8 Å². The summed E-state index contributed by atoms with van der Waals surface area (Å²) in [7, 11) is -3.99. The Kier molecular flexibility index (Phi) is 6.37. The van der Waals surface area contributed by atoms with Gasteiger partial charge in [-0.3, -0.25) is 4.79 Å². The zero-order valence-corrected chi connectivity index (χ0v) is 18.7. The molecule has 0 saturated heterocycles. The summed E-state index contributed by atoms with van der Waals surface area (Å²) in [6.45, 7) is 6.39. The first-order chi connectivity index (χ1) is 14.9. The minimum absolute atomic E-state index is 0.00570. The van der Waals surface area contributed by atoms with Crippen LogP contribution in [0, 0.1) is 27.7 Å². The standard InChI is InChI=1S/C20H22N6O5S/c1-11-5-6-15(32(21,29)30)9-16(11)19(28)31-10-18(27)24-17-8-14(4)25-26(17)20-22-12(2)7-13(3)23-20/h5-9H,10H2,1-4H3,(H,24,27)(H2,21,29,30). The number of hydrogen-bond acceptors (Lipinski definition) is 8. The van der Waals surface area contributed by atoms with Crippen molar-refractivity contribution in [3.8, 4) is 5.95 Å². The number of benzene rings is 1. The van der Waals surface area contributed by atoms with E-state index in [-0.39, 0.29) is 10.5 Å². The molecule has 0 aliphatic heterocycles. The van der Waals surface area contributed by atoms with Gasteiger partial charge >= 0.3 is 5.97 Å². The third kappa shape index (κ3) is 5.34. The molecule has 0 aliphatic carbocycles. The average Bonchev–Trinajstić information content (AvgIpc) is 3.05. The lowest BCUT2D eigenvalue weighted by Gasteiger charge is -2.10. The van der Waals surface area contributed by atoms with Gasteiger partial charge in [0.05, 0.1) is 16.2 Å². The largest absolute Gasteiger partial charge is 0.452 e. The van der Waals surface area contributed by atoms with Crippen LogP contribution in [0.1, 0.15) is 33.0 Å². The van der Waals surface area contributed by atoms with Gasteiger partial charge < -0.3 is 10.1 Å². The fourth-order valence-corrected chi connectivity index (χ4v) is 3.47. The number of esters is 1. The summed E-state index contributed by atoms with van der Waals surface area (Å²) in [5, 5.41) is 12.0. The maximum atomic E-state index is 12.4. The number of aromatic nitrogens is 4. The molecule has 11 nitrogen and oxygen atoms in total. The van der Waals surface area contributed by atoms with Gasteiger partial charge in [0, 0.05) is 17.5 Å². The normalized spacial score (nSPS) is 11.3. The number of carbonyl (C=O) groups is 2. The Morgan fingerprint density at radius 3 is 2.31 bits per heavy atom. The summed E-state index contributed by atoms with van der Waals surface area (Å²) in [4.78, 5) is 33.2. The van der Waals surface area contributed by atoms with Gasteiger partial charge in [-0.25, -0.2) is 28.3 Å². The number of aryl methyl sites for hydroxylation is 4. The summed E-state index contributed by atoms with van der Waals surface area (Å²) < 4.78 is 29.5. The molecule has 1 amide bonds. The van der Waals surface area contributed by atoms with Crippen LogP contribution in [0.4, 0.5) is 5.82 Å². The van der Waals surface area contributed by atoms with Gasteiger partial charge in [0.2, 0.25) is 10.0 Å². The Balaban J connectivity index is 1.73. The van der Waals surface area contributed by atoms with Crippen LogP contribution >= 0.6 is 0 Å². The van der Waals surface area contributed by atoms with Crippen molar-refractivity contribution >= 4 is 27.7 Å². The van der Waals surface area contributed by atoms with Gasteiger partial charge in [-0.2, -0.15) is 9.78 Å². The molecule has 3 N–H and O–H groups in total. The van der Waals surface area contributed by atoms with E-state index in [9.17, 15) is 18.0 Å². The van der Waals surface area contributed by atoms with Crippen molar-refractivity contribution < 1.29 is 22.7 Å². The summed E-state index contributed by atoms with van der Waals surface area (Å²) >= 11 is 0. The number of carbonyl (C=O) groups excluding carboxylic acids is 2. The Morgan fingerprint density at radius 2 is 1.69 bits per heavy atom. The number of amides is 1. The van der Waals surface area contributed by atoms with Crippen molar-refractivity contribution in [3.05, 3.63) is 58.5 Å². The highest BCUT2D eigenvalue weighted by Crippen LogP contribution is 2.17. The van der Waals surface area contributed by atoms with Crippen LogP contribution in [0.25, 0.3) is 5.95 Å². The van der Waals surface area contributed by atoms with E-state index < -0.39 is 28.5 Å². The number of primary sulfonamides is 1. The minimum Gasteiger partial charge on any atom is -0.452 e. The van der Waals surface area contributed by atoms with Crippen molar-refractivity contribution in [2.45, 2.75) is 32.6 Å². The number of ether oxygens (including phenoxy) is 1. The second-order valence-corrected chi connectivity index (χ2v) is 8.74. The van der Waals surface area contributed by atoms with Gasteiger partial charge in [-0.05, 0) is 51.5 Å². The van der Waals surface area contributed by atoms with Crippen LogP contribution in [0.5, 0.6) is 0 Å². The maximum Gasteiger partial charge on any atom is 0.338 e. The Hall–Kier alpha value is -3.64. The zero-order chi connectivity index (χ0) is 23.6. The molecule has 32 heavy (non-hydrogen) atoms. The molecule has 0 spiro atoms. The molecular formula is C20H22N6O5S. The summed E-state index contributed by atoms with van der Waals surface area (Å²) in [5.41, 5.74) is 2.57. The van der Waals surface area contributed by atoms with E-state index in [2.05, 4.69) is 20.4 Å². The van der Waals surface area contributed by atoms with E-state index in [0.29, 0.717) is 23.0 Å². The molecule has 0 radical (unpaired) electrons. The predicted octanol–water partition coefficient (Wildman–Crippen LogP) is 1.34. The molecule has 168 valence electrons. The van der Waals surface area contributed by atoms with Crippen molar-refractivity contribution in [2.24, 2.45) is 5.14 Å². The molecule has 2 aromatic heterocycles. The molecule has 0 saturated carbocycles. The Morgan fingerprint density at radius 1 is 1.03 bits per heavy atom. The third-order valence-corrected chi connectivity index (χ3v) is 5.26. The van der Waals surface area contributed by atoms with Crippen LogP contribution in [0.2, 0.25) is 0 Å². The molecular weight excluding hydrogens is 436 g/mol. The summed E-state index contributed by atoms with van der Waals surface area (Å²) in [6, 6.07) is 7.26. The van der Waals surface area contributed by atoms with Crippen molar-refractivity contribution in [3.63, 3.8) is 0 Å². The molecule has 1 aromatic carbocycles. The van der Waals surface area contributed by atoms with Gasteiger partial charge in [0.15, 0.2) is 6.61 Å². The SMILES string of the molecule is Cc1cc(C)nc(-n2nc(C)cc2NC(=O)COC(=O)c2cc(S(N)(=O)=O)ccc2C)n1. The second-order valence-electron chi connectivity index (χ2n) is 7.18. The Bertz CT molecular complexity index is 1300. The number of sulfonamides is 1. The first-order valence-corrected chi connectivity index (χ1v) is 11.0. The van der Waals surface area contributed by atoms with Crippen LogP contribution in [0.3, 0.4) is 0 Å². The fourth-order valence-electron chi connectivity index (χ4n) is 2.93. The highest BCUT2D eigenvalue weighted by molar-refractivity contribution is 7.89. The smallest absolute Gasteiger partial charge is 0.338 e. The molecule has 0 bridgehead atoms. The quantitative estimate of drug-likeness (QED) is 0.523. The fraction of sp³-hybridized carbons (Fsp3) is 0.250. The number of nitrogens with one attached hydrogen (secondary N) is 1. The van der Waals surface area contributed by atoms with Gasteiger partial charge in [-0.1, -0.05) is 6.07 Å². The number of nitrogens with zero attached hydrogens (tertiary/aromatic N) is 4. The van der Waals surface area contributed by atoms with Crippen LogP contribution < -0.4 is 10.5 Å². The molecule has 0 aliphatic rings. The first-order valence-electron chi connectivity index (χ1n) is 9.44. The molecule has 0 unspecified atom stereocenters. The van der Waals surface area contributed by atoms with Crippen LogP contribution in [-0.2, 0) is 19.6 Å². The highest BCUT2D eigenvalue weighted by atomic mass is 32.2. The molecule has 0 fully saturated rings. The van der Waals surface area contributed by atoms with Gasteiger partial charge in [0.1, 0.15) is 5.82 Å². The topological polar surface area (TPSA) is 159 Å². The van der Waals surface area contributed by atoms with Crippen molar-refractivity contribution in [1.82, 2.24) is 19.7 Å². The summed E-state index contributed by atoms with van der Waals surface area (Å²) in [5.74, 6) is -0.881. The number of anilines is 1. The average molecular weight is 459 g/mol. The first kappa shape index (κ1) is 23.0.